The third-order valence-corrected chi connectivity index (χ3v) is 7.25. The third-order valence-electron chi connectivity index (χ3n) is 6.12. The highest BCUT2D eigenvalue weighted by Crippen LogP contribution is 2.38. The fourth-order valence-electron chi connectivity index (χ4n) is 4.48. The van der Waals surface area contributed by atoms with E-state index in [-0.39, 0.29) is 0 Å². The summed E-state index contributed by atoms with van der Waals surface area (Å²) in [5, 5.41) is 3.43. The fourth-order valence-corrected chi connectivity index (χ4v) is 5.51. The van der Waals surface area contributed by atoms with E-state index in [1.807, 2.05) is 36.4 Å². The smallest absolute Gasteiger partial charge is 0.160 e. The lowest BCUT2D eigenvalue weighted by molar-refractivity contribution is 0.670. The van der Waals surface area contributed by atoms with Crippen LogP contribution in [0.1, 0.15) is 0 Å². The molecule has 0 fully saturated rings. The van der Waals surface area contributed by atoms with Crippen LogP contribution in [0.3, 0.4) is 0 Å². The lowest BCUT2D eigenvalue weighted by atomic mass is 10.1. The largest absolute Gasteiger partial charge is 0.455 e. The molecule has 0 unspecified atom stereocenters. The zero-order valence-electron chi connectivity index (χ0n) is 18.1. The summed E-state index contributed by atoms with van der Waals surface area (Å²) in [5.41, 5.74) is 5.46. The summed E-state index contributed by atoms with van der Waals surface area (Å²) in [6.45, 7) is 0. The molecular formula is C30H18N2OS. The molecule has 3 aromatic heterocycles. The first kappa shape index (κ1) is 19.2. The van der Waals surface area contributed by atoms with Gasteiger partial charge >= 0.3 is 0 Å². The van der Waals surface area contributed by atoms with Crippen molar-refractivity contribution in [3.8, 4) is 33.2 Å². The number of para-hydroxylation sites is 2. The van der Waals surface area contributed by atoms with Crippen LogP contribution < -0.4 is 0 Å². The Balaban J connectivity index is 1.50. The van der Waals surface area contributed by atoms with Crippen LogP contribution in [0.15, 0.2) is 114 Å². The first-order valence-electron chi connectivity index (χ1n) is 11.2. The number of hydrogen-bond donors (Lipinski definition) is 0. The van der Waals surface area contributed by atoms with E-state index in [1.165, 1.54) is 10.1 Å². The normalized spacial score (nSPS) is 11.5. The van der Waals surface area contributed by atoms with Crippen molar-refractivity contribution in [2.45, 2.75) is 0 Å². The van der Waals surface area contributed by atoms with Crippen molar-refractivity contribution in [2.24, 2.45) is 0 Å². The number of fused-ring (bicyclic) bond motifs is 4. The molecule has 3 nitrogen and oxygen atoms in total. The van der Waals surface area contributed by atoms with Crippen molar-refractivity contribution in [3.63, 3.8) is 0 Å². The number of thiophene rings is 1. The summed E-state index contributed by atoms with van der Waals surface area (Å²) >= 11 is 1.75. The highest BCUT2D eigenvalue weighted by Gasteiger charge is 2.17. The Morgan fingerprint density at radius 2 is 1.38 bits per heavy atom. The van der Waals surface area contributed by atoms with Crippen LogP contribution in [0.5, 0.6) is 0 Å². The van der Waals surface area contributed by atoms with Gasteiger partial charge in [0, 0.05) is 26.6 Å². The molecule has 0 N–H and O–H groups in total. The van der Waals surface area contributed by atoms with Crippen LogP contribution in [0.4, 0.5) is 0 Å². The molecule has 3 heterocycles. The van der Waals surface area contributed by atoms with Crippen molar-refractivity contribution in [3.05, 3.63) is 109 Å². The Hall–Kier alpha value is -4.28. The van der Waals surface area contributed by atoms with Crippen molar-refractivity contribution in [1.29, 1.82) is 0 Å². The summed E-state index contributed by atoms with van der Waals surface area (Å²) in [5.74, 6) is 0.707. The molecule has 0 saturated heterocycles. The number of hydrogen-bond acceptors (Lipinski definition) is 4. The second-order valence-electron chi connectivity index (χ2n) is 8.26. The first-order valence-corrected chi connectivity index (χ1v) is 12.0. The molecule has 7 rings (SSSR count). The predicted molar refractivity (Wildman–Crippen MR) is 141 cm³/mol. The Bertz CT molecular complexity index is 1780. The molecule has 0 amide bonds. The number of furan rings is 1. The summed E-state index contributed by atoms with van der Waals surface area (Å²) in [6, 6.07) is 37.3. The van der Waals surface area contributed by atoms with Gasteiger partial charge in [-0.15, -0.1) is 11.3 Å². The predicted octanol–water partition coefficient (Wildman–Crippen LogP) is 8.59. The summed E-state index contributed by atoms with van der Waals surface area (Å²) in [6.07, 6.45) is 0. The third kappa shape index (κ3) is 3.11. The molecule has 0 radical (unpaired) electrons. The highest BCUT2D eigenvalue weighted by atomic mass is 32.1. The molecule has 0 atom stereocenters. The molecule has 7 aromatic rings. The van der Waals surface area contributed by atoms with E-state index in [4.69, 9.17) is 14.4 Å². The lowest BCUT2D eigenvalue weighted by Gasteiger charge is -2.08. The maximum absolute atomic E-state index is 6.32. The van der Waals surface area contributed by atoms with Gasteiger partial charge in [-0.3, -0.25) is 0 Å². The summed E-state index contributed by atoms with van der Waals surface area (Å²) < 4.78 is 7.57. The molecule has 0 aliphatic carbocycles. The van der Waals surface area contributed by atoms with Gasteiger partial charge in [0.25, 0.3) is 0 Å². The minimum atomic E-state index is 0.707. The molecule has 0 saturated carbocycles. The van der Waals surface area contributed by atoms with Gasteiger partial charge in [0.15, 0.2) is 5.82 Å². The van der Waals surface area contributed by atoms with Gasteiger partial charge < -0.3 is 4.42 Å². The Labute approximate surface area is 200 Å². The van der Waals surface area contributed by atoms with Crippen molar-refractivity contribution < 1.29 is 4.42 Å². The van der Waals surface area contributed by atoms with E-state index in [0.717, 1.165) is 49.3 Å². The molecule has 0 bridgehead atoms. The van der Waals surface area contributed by atoms with Gasteiger partial charge in [0.1, 0.15) is 11.2 Å². The molecular weight excluding hydrogens is 436 g/mol. The Morgan fingerprint density at radius 3 is 2.29 bits per heavy atom. The van der Waals surface area contributed by atoms with Gasteiger partial charge in [0.05, 0.1) is 16.3 Å². The van der Waals surface area contributed by atoms with Crippen LogP contribution in [0.2, 0.25) is 0 Å². The van der Waals surface area contributed by atoms with Gasteiger partial charge in [-0.05, 0) is 35.7 Å². The number of rotatable bonds is 3. The average molecular weight is 455 g/mol. The number of benzene rings is 4. The van der Waals surface area contributed by atoms with Crippen LogP contribution in [-0.2, 0) is 0 Å². The molecule has 4 heteroatoms. The minimum Gasteiger partial charge on any atom is -0.455 e. The van der Waals surface area contributed by atoms with Crippen molar-refractivity contribution in [1.82, 2.24) is 9.97 Å². The van der Waals surface area contributed by atoms with Gasteiger partial charge in [-0.25, -0.2) is 9.97 Å². The zero-order valence-corrected chi connectivity index (χ0v) is 18.9. The van der Waals surface area contributed by atoms with E-state index in [9.17, 15) is 0 Å². The van der Waals surface area contributed by atoms with Crippen LogP contribution in [0, 0.1) is 0 Å². The number of aromatic nitrogens is 2. The highest BCUT2D eigenvalue weighted by molar-refractivity contribution is 7.22. The van der Waals surface area contributed by atoms with Crippen LogP contribution in [-0.4, -0.2) is 9.97 Å². The van der Waals surface area contributed by atoms with E-state index >= 15 is 0 Å². The zero-order chi connectivity index (χ0) is 22.5. The van der Waals surface area contributed by atoms with Crippen molar-refractivity contribution >= 4 is 43.4 Å². The van der Waals surface area contributed by atoms with Crippen LogP contribution >= 0.6 is 11.3 Å². The van der Waals surface area contributed by atoms with E-state index in [0.29, 0.717) is 5.82 Å². The van der Waals surface area contributed by atoms with Crippen molar-refractivity contribution in [2.75, 3.05) is 0 Å². The van der Waals surface area contributed by atoms with E-state index in [2.05, 4.69) is 72.8 Å². The second kappa shape index (κ2) is 7.65. The molecule has 160 valence electrons. The molecule has 0 aliphatic rings. The Morgan fingerprint density at radius 1 is 0.618 bits per heavy atom. The maximum atomic E-state index is 6.32. The molecule has 4 aromatic carbocycles. The topological polar surface area (TPSA) is 38.9 Å². The first-order chi connectivity index (χ1) is 16.8. The fraction of sp³-hybridized carbons (Fsp3) is 0. The van der Waals surface area contributed by atoms with Gasteiger partial charge in [-0.2, -0.15) is 0 Å². The standard InChI is InChI=1S/C30H18N2OS/c1-2-9-19(10-3-1)30-31-24(18-25(32-30)28-17-20-11-4-7-16-27(20)34-28)23-14-8-13-22-21-12-5-6-15-26(21)33-29(22)23/h1-18H. The average Bonchev–Trinajstić information content (AvgIpc) is 3.51. The quantitative estimate of drug-likeness (QED) is 0.268. The monoisotopic (exact) mass is 454 g/mol. The van der Waals surface area contributed by atoms with Gasteiger partial charge in [-0.1, -0.05) is 78.9 Å². The summed E-state index contributed by atoms with van der Waals surface area (Å²) in [4.78, 5) is 11.1. The molecule has 0 spiro atoms. The second-order valence-corrected chi connectivity index (χ2v) is 9.34. The minimum absolute atomic E-state index is 0.707. The number of nitrogens with zero attached hydrogens (tertiary/aromatic N) is 2. The Kier molecular flexibility index (Phi) is 4.32. The SMILES string of the molecule is c1ccc(-c2nc(-c3cc4ccccc4s3)cc(-c3cccc4c3oc3ccccc34)n2)cc1. The maximum Gasteiger partial charge on any atom is 0.160 e. The molecule has 34 heavy (non-hydrogen) atoms. The van der Waals surface area contributed by atoms with Gasteiger partial charge in [0.2, 0.25) is 0 Å². The van der Waals surface area contributed by atoms with Crippen LogP contribution in [0.25, 0.3) is 65.2 Å². The van der Waals surface area contributed by atoms with E-state index < -0.39 is 0 Å². The summed E-state index contributed by atoms with van der Waals surface area (Å²) in [7, 11) is 0. The lowest BCUT2D eigenvalue weighted by Crippen LogP contribution is -1.95. The molecule has 0 aliphatic heterocycles. The van der Waals surface area contributed by atoms with E-state index in [1.54, 1.807) is 11.3 Å².